The van der Waals surface area contributed by atoms with E-state index < -0.39 is 5.92 Å². The smallest absolute Gasteiger partial charge is 0.211 e. The summed E-state index contributed by atoms with van der Waals surface area (Å²) in [6.45, 7) is 0. The number of allylic oxidation sites excluding steroid dienone is 4. The third-order valence-corrected chi connectivity index (χ3v) is 5.45. The Morgan fingerprint density at radius 2 is 1.70 bits per heavy atom. The Hall–Kier alpha value is -3.34. The number of nitrogens with zero attached hydrogens (tertiary/aromatic N) is 1. The fourth-order valence-electron chi connectivity index (χ4n) is 4.27. The predicted octanol–water partition coefficient (Wildman–Crippen LogP) is 3.11. The molecule has 1 aromatic carbocycles. The molecule has 3 aliphatic rings. The van der Waals surface area contributed by atoms with E-state index in [1.54, 1.807) is 12.1 Å². The number of ketones is 3. The SMILES string of the molecule is O=C1CCCC2=C1C(c1ccccc1)C1=C(N2)C(=O)c2cccnc2C1=O. The molecule has 1 N–H and O–H groups in total. The van der Waals surface area contributed by atoms with E-state index >= 15 is 0 Å². The second kappa shape index (κ2) is 5.84. The van der Waals surface area contributed by atoms with Crippen LogP contribution in [-0.4, -0.2) is 22.3 Å². The molecule has 2 aliphatic carbocycles. The van der Waals surface area contributed by atoms with Crippen molar-refractivity contribution in [1.82, 2.24) is 10.3 Å². The molecule has 2 aromatic rings. The highest BCUT2D eigenvalue weighted by molar-refractivity contribution is 6.27. The van der Waals surface area contributed by atoms with E-state index in [1.165, 1.54) is 6.20 Å². The van der Waals surface area contributed by atoms with Crippen molar-refractivity contribution in [2.75, 3.05) is 0 Å². The zero-order valence-electron chi connectivity index (χ0n) is 14.5. The van der Waals surface area contributed by atoms with Gasteiger partial charge in [0.15, 0.2) is 5.78 Å². The van der Waals surface area contributed by atoms with Gasteiger partial charge in [-0.05, 0) is 30.5 Å². The van der Waals surface area contributed by atoms with Gasteiger partial charge in [0.25, 0.3) is 0 Å². The molecule has 0 bridgehead atoms. The lowest BCUT2D eigenvalue weighted by Crippen LogP contribution is -2.40. The predicted molar refractivity (Wildman–Crippen MR) is 98.1 cm³/mol. The molecule has 1 atom stereocenters. The van der Waals surface area contributed by atoms with Gasteiger partial charge in [0.1, 0.15) is 5.69 Å². The number of dihydropyridines is 1. The van der Waals surface area contributed by atoms with Crippen molar-refractivity contribution in [1.29, 1.82) is 0 Å². The average molecular weight is 356 g/mol. The molecule has 5 heteroatoms. The van der Waals surface area contributed by atoms with Crippen molar-refractivity contribution in [3.05, 3.63) is 88.0 Å². The summed E-state index contributed by atoms with van der Waals surface area (Å²) >= 11 is 0. The molecular formula is C22H16N2O3. The first-order chi connectivity index (χ1) is 13.2. The third-order valence-electron chi connectivity index (χ3n) is 5.45. The van der Waals surface area contributed by atoms with Crippen molar-refractivity contribution in [3.8, 4) is 0 Å². The molecule has 0 amide bonds. The van der Waals surface area contributed by atoms with Crippen LogP contribution in [0.15, 0.2) is 71.2 Å². The minimum absolute atomic E-state index is 0.0382. The second-order valence-electron chi connectivity index (χ2n) is 6.98. The summed E-state index contributed by atoms with van der Waals surface area (Å²) < 4.78 is 0. The van der Waals surface area contributed by atoms with Gasteiger partial charge in [-0.2, -0.15) is 0 Å². The average Bonchev–Trinajstić information content (AvgIpc) is 2.71. The minimum atomic E-state index is -0.531. The number of carbonyl (C=O) groups is 3. The van der Waals surface area contributed by atoms with Gasteiger partial charge in [0.05, 0.1) is 11.3 Å². The summed E-state index contributed by atoms with van der Waals surface area (Å²) in [4.78, 5) is 43.4. The number of hydrogen-bond donors (Lipinski definition) is 1. The summed E-state index contributed by atoms with van der Waals surface area (Å²) in [5.41, 5.74) is 3.34. The standard InChI is InChI=1S/C22H16N2O3/c25-15-10-4-9-14-17(15)16(12-6-2-1-3-7-12)18-20(24-14)21(26)13-8-5-11-23-19(13)22(18)27/h1-3,5-8,11,16,24H,4,9-10H2. The highest BCUT2D eigenvalue weighted by Gasteiger charge is 2.44. The first-order valence-corrected chi connectivity index (χ1v) is 9.03. The molecule has 1 unspecified atom stereocenters. The number of benzene rings is 1. The van der Waals surface area contributed by atoms with Crippen molar-refractivity contribution in [2.45, 2.75) is 25.2 Å². The first-order valence-electron chi connectivity index (χ1n) is 9.03. The molecule has 5 rings (SSSR count). The number of carbonyl (C=O) groups excluding carboxylic acids is 3. The Bertz CT molecular complexity index is 1080. The molecule has 0 spiro atoms. The quantitative estimate of drug-likeness (QED) is 0.850. The maximum Gasteiger partial charge on any atom is 0.211 e. The number of rotatable bonds is 1. The molecule has 5 nitrogen and oxygen atoms in total. The Morgan fingerprint density at radius 3 is 2.52 bits per heavy atom. The van der Waals surface area contributed by atoms with Crippen LogP contribution in [0.4, 0.5) is 0 Å². The fraction of sp³-hybridized carbons (Fsp3) is 0.182. The zero-order chi connectivity index (χ0) is 18.5. The lowest BCUT2D eigenvalue weighted by molar-refractivity contribution is -0.116. The van der Waals surface area contributed by atoms with Crippen molar-refractivity contribution in [3.63, 3.8) is 0 Å². The summed E-state index contributed by atoms with van der Waals surface area (Å²) in [5.74, 6) is -1.02. The highest BCUT2D eigenvalue weighted by Crippen LogP contribution is 2.45. The molecular weight excluding hydrogens is 340 g/mol. The summed E-state index contributed by atoms with van der Waals surface area (Å²) in [6, 6.07) is 12.7. The molecule has 0 saturated heterocycles. The van der Waals surface area contributed by atoms with E-state index in [1.807, 2.05) is 30.3 Å². The molecule has 0 radical (unpaired) electrons. The van der Waals surface area contributed by atoms with Crippen LogP contribution < -0.4 is 5.32 Å². The van der Waals surface area contributed by atoms with E-state index in [2.05, 4.69) is 10.3 Å². The second-order valence-corrected chi connectivity index (χ2v) is 6.98. The molecule has 27 heavy (non-hydrogen) atoms. The maximum atomic E-state index is 13.3. The number of Topliss-reactive ketones (excluding diaryl/α,β-unsaturated/α-hetero) is 3. The largest absolute Gasteiger partial charge is 0.355 e. The van der Waals surface area contributed by atoms with Gasteiger partial charge in [0.2, 0.25) is 11.6 Å². The minimum Gasteiger partial charge on any atom is -0.355 e. The summed E-state index contributed by atoms with van der Waals surface area (Å²) in [5, 5.41) is 3.15. The lowest BCUT2D eigenvalue weighted by Gasteiger charge is -2.36. The number of nitrogens with one attached hydrogen (secondary N) is 1. The molecule has 2 heterocycles. The van der Waals surface area contributed by atoms with Crippen LogP contribution in [0.1, 0.15) is 51.6 Å². The van der Waals surface area contributed by atoms with E-state index in [4.69, 9.17) is 0 Å². The summed E-state index contributed by atoms with van der Waals surface area (Å²) in [7, 11) is 0. The van der Waals surface area contributed by atoms with Crippen molar-refractivity contribution in [2.24, 2.45) is 0 Å². The fourth-order valence-corrected chi connectivity index (χ4v) is 4.27. The van der Waals surface area contributed by atoms with Crippen LogP contribution in [0.3, 0.4) is 0 Å². The Morgan fingerprint density at radius 1 is 0.889 bits per heavy atom. The normalized spacial score (nSPS) is 21.5. The van der Waals surface area contributed by atoms with Crippen LogP contribution in [0.5, 0.6) is 0 Å². The lowest BCUT2D eigenvalue weighted by atomic mass is 9.71. The van der Waals surface area contributed by atoms with Gasteiger partial charge in [-0.25, -0.2) is 0 Å². The molecule has 132 valence electrons. The Balaban J connectivity index is 1.77. The number of fused-ring (bicyclic) bond motifs is 1. The van der Waals surface area contributed by atoms with Crippen molar-refractivity contribution < 1.29 is 14.4 Å². The van der Waals surface area contributed by atoms with E-state index in [0.717, 1.165) is 17.7 Å². The van der Waals surface area contributed by atoms with Gasteiger partial charge in [-0.3, -0.25) is 19.4 Å². The molecule has 0 fully saturated rings. The van der Waals surface area contributed by atoms with Gasteiger partial charge >= 0.3 is 0 Å². The Labute approximate surface area is 155 Å². The maximum absolute atomic E-state index is 13.3. The topological polar surface area (TPSA) is 76.1 Å². The van der Waals surface area contributed by atoms with Gasteiger partial charge < -0.3 is 5.32 Å². The Kier molecular flexibility index (Phi) is 3.44. The van der Waals surface area contributed by atoms with Crippen LogP contribution >= 0.6 is 0 Å². The van der Waals surface area contributed by atoms with Crippen LogP contribution in [0.2, 0.25) is 0 Å². The zero-order valence-corrected chi connectivity index (χ0v) is 14.5. The van der Waals surface area contributed by atoms with E-state index in [0.29, 0.717) is 35.2 Å². The van der Waals surface area contributed by atoms with Gasteiger partial charge in [-0.1, -0.05) is 30.3 Å². The van der Waals surface area contributed by atoms with Gasteiger partial charge in [-0.15, -0.1) is 0 Å². The molecule has 1 aliphatic heterocycles. The number of aromatic nitrogens is 1. The first kappa shape index (κ1) is 15.9. The van der Waals surface area contributed by atoms with E-state index in [-0.39, 0.29) is 23.0 Å². The number of hydrogen-bond acceptors (Lipinski definition) is 5. The van der Waals surface area contributed by atoms with E-state index in [9.17, 15) is 14.4 Å². The van der Waals surface area contributed by atoms with Gasteiger partial charge in [0, 0.05) is 35.4 Å². The molecule has 0 saturated carbocycles. The van der Waals surface area contributed by atoms with Crippen LogP contribution in [0, 0.1) is 0 Å². The third kappa shape index (κ3) is 2.24. The molecule has 1 aromatic heterocycles. The van der Waals surface area contributed by atoms with Crippen molar-refractivity contribution >= 4 is 17.3 Å². The van der Waals surface area contributed by atoms with Crippen LogP contribution in [-0.2, 0) is 4.79 Å². The highest BCUT2D eigenvalue weighted by atomic mass is 16.1. The van der Waals surface area contributed by atoms with Crippen LogP contribution in [0.25, 0.3) is 0 Å². The number of pyridine rings is 1. The summed E-state index contributed by atoms with van der Waals surface area (Å²) in [6.07, 6.45) is 3.42. The monoisotopic (exact) mass is 356 g/mol.